The third kappa shape index (κ3) is 1.91. The van der Waals surface area contributed by atoms with Crippen molar-refractivity contribution in [2.75, 3.05) is 7.11 Å². The Balaban J connectivity index is 2.31. The van der Waals surface area contributed by atoms with E-state index in [2.05, 4.69) is 0 Å². The van der Waals surface area contributed by atoms with Crippen LogP contribution >= 0.6 is 0 Å². The van der Waals surface area contributed by atoms with Crippen molar-refractivity contribution in [3.63, 3.8) is 0 Å². The van der Waals surface area contributed by atoms with Crippen LogP contribution in [-0.2, 0) is 0 Å². The Morgan fingerprint density at radius 2 is 1.88 bits per heavy atom. The zero-order valence-corrected chi connectivity index (χ0v) is 8.86. The first-order valence-corrected chi connectivity index (χ1v) is 4.79. The normalized spacial score (nSPS) is 10.1. The summed E-state index contributed by atoms with van der Waals surface area (Å²) < 4.78 is 10.5. The number of nitrogens with one attached hydrogen (secondary N) is 1. The van der Waals surface area contributed by atoms with Gasteiger partial charge in [0.2, 0.25) is 0 Å². The number of nitrogen functional groups attached to an aromatic ring is 1. The van der Waals surface area contributed by atoms with E-state index in [4.69, 9.17) is 20.3 Å². The fourth-order valence-corrected chi connectivity index (χ4v) is 1.39. The first kappa shape index (κ1) is 10.3. The maximum atomic E-state index is 7.24. The number of hydrogen-bond donors (Lipinski definition) is 2. The van der Waals surface area contributed by atoms with Crippen LogP contribution in [0.5, 0.6) is 5.75 Å². The molecule has 0 aliphatic heterocycles. The van der Waals surface area contributed by atoms with Gasteiger partial charge < -0.3 is 14.9 Å². The van der Waals surface area contributed by atoms with Gasteiger partial charge in [0.25, 0.3) is 0 Å². The Morgan fingerprint density at radius 3 is 2.38 bits per heavy atom. The van der Waals surface area contributed by atoms with Gasteiger partial charge in [-0.25, -0.2) is 0 Å². The third-order valence-electron chi connectivity index (χ3n) is 2.25. The molecule has 82 valence electrons. The SMILES string of the molecule is COc1ccc(-c2ccc(C(=N)N)o2)cc1. The maximum absolute atomic E-state index is 7.24. The number of nitrogens with two attached hydrogens (primary N) is 1. The number of rotatable bonds is 3. The molecular weight excluding hydrogens is 204 g/mol. The average Bonchev–Trinajstić information content (AvgIpc) is 2.78. The van der Waals surface area contributed by atoms with E-state index >= 15 is 0 Å². The van der Waals surface area contributed by atoms with Gasteiger partial charge in [-0.2, -0.15) is 0 Å². The van der Waals surface area contributed by atoms with Crippen LogP contribution in [0.2, 0.25) is 0 Å². The summed E-state index contributed by atoms with van der Waals surface area (Å²) in [6, 6.07) is 11.0. The van der Waals surface area contributed by atoms with E-state index in [9.17, 15) is 0 Å². The number of furan rings is 1. The van der Waals surface area contributed by atoms with Crippen LogP contribution in [-0.4, -0.2) is 12.9 Å². The second-order valence-electron chi connectivity index (χ2n) is 3.31. The van der Waals surface area contributed by atoms with Crippen molar-refractivity contribution in [1.82, 2.24) is 0 Å². The molecule has 0 saturated heterocycles. The lowest BCUT2D eigenvalue weighted by molar-refractivity contribution is 0.415. The van der Waals surface area contributed by atoms with Gasteiger partial charge in [0, 0.05) is 5.56 Å². The summed E-state index contributed by atoms with van der Waals surface area (Å²) in [5, 5.41) is 7.24. The van der Waals surface area contributed by atoms with E-state index < -0.39 is 0 Å². The van der Waals surface area contributed by atoms with Crippen molar-refractivity contribution in [2.45, 2.75) is 0 Å². The number of methoxy groups -OCH3 is 1. The highest BCUT2D eigenvalue weighted by Gasteiger charge is 2.06. The van der Waals surface area contributed by atoms with Gasteiger partial charge in [-0.1, -0.05) is 0 Å². The highest BCUT2D eigenvalue weighted by Crippen LogP contribution is 2.24. The monoisotopic (exact) mass is 216 g/mol. The van der Waals surface area contributed by atoms with Gasteiger partial charge in [-0.15, -0.1) is 0 Å². The fourth-order valence-electron chi connectivity index (χ4n) is 1.39. The van der Waals surface area contributed by atoms with Crippen molar-refractivity contribution >= 4 is 5.84 Å². The molecule has 1 heterocycles. The van der Waals surface area contributed by atoms with Crippen LogP contribution < -0.4 is 10.5 Å². The molecule has 0 atom stereocenters. The third-order valence-corrected chi connectivity index (χ3v) is 2.25. The van der Waals surface area contributed by atoms with E-state index in [1.165, 1.54) is 0 Å². The molecule has 0 aliphatic carbocycles. The standard InChI is InChI=1S/C12H12N2O2/c1-15-9-4-2-8(3-5-9)10-6-7-11(16-10)12(13)14/h2-7H,1H3,(H3,13,14). The smallest absolute Gasteiger partial charge is 0.168 e. The first-order valence-electron chi connectivity index (χ1n) is 4.79. The zero-order valence-electron chi connectivity index (χ0n) is 8.86. The molecule has 0 saturated carbocycles. The highest BCUT2D eigenvalue weighted by molar-refractivity contribution is 5.92. The molecule has 4 heteroatoms. The Labute approximate surface area is 93.2 Å². The summed E-state index contributed by atoms with van der Waals surface area (Å²) >= 11 is 0. The maximum Gasteiger partial charge on any atom is 0.168 e. The minimum Gasteiger partial charge on any atom is -0.497 e. The van der Waals surface area contributed by atoms with Crippen LogP contribution in [0.1, 0.15) is 5.76 Å². The van der Waals surface area contributed by atoms with Crippen molar-refractivity contribution < 1.29 is 9.15 Å². The molecule has 0 spiro atoms. The lowest BCUT2D eigenvalue weighted by atomic mass is 10.2. The Bertz CT molecular complexity index is 500. The summed E-state index contributed by atoms with van der Waals surface area (Å²) in [7, 11) is 1.62. The van der Waals surface area contributed by atoms with Crippen LogP contribution in [0.4, 0.5) is 0 Å². The molecule has 0 bridgehead atoms. The molecule has 0 radical (unpaired) electrons. The minimum atomic E-state index is -0.0697. The average molecular weight is 216 g/mol. The van der Waals surface area contributed by atoms with E-state index in [0.717, 1.165) is 11.3 Å². The van der Waals surface area contributed by atoms with Gasteiger partial charge in [-0.3, -0.25) is 5.41 Å². The zero-order chi connectivity index (χ0) is 11.5. The molecule has 1 aromatic carbocycles. The van der Waals surface area contributed by atoms with E-state index in [1.807, 2.05) is 24.3 Å². The molecule has 0 unspecified atom stereocenters. The second kappa shape index (κ2) is 4.10. The van der Waals surface area contributed by atoms with Gasteiger partial charge in [0.05, 0.1) is 7.11 Å². The van der Waals surface area contributed by atoms with Crippen LogP contribution in [0.15, 0.2) is 40.8 Å². The first-order chi connectivity index (χ1) is 7.70. The molecule has 16 heavy (non-hydrogen) atoms. The van der Waals surface area contributed by atoms with Gasteiger partial charge in [0.15, 0.2) is 11.6 Å². The second-order valence-corrected chi connectivity index (χ2v) is 3.31. The predicted octanol–water partition coefficient (Wildman–Crippen LogP) is 2.24. The molecule has 1 aromatic heterocycles. The molecule has 4 nitrogen and oxygen atoms in total. The number of amidine groups is 1. The lowest BCUT2D eigenvalue weighted by Crippen LogP contribution is -2.09. The van der Waals surface area contributed by atoms with E-state index in [-0.39, 0.29) is 5.84 Å². The Morgan fingerprint density at radius 1 is 1.19 bits per heavy atom. The number of ether oxygens (including phenoxy) is 1. The molecule has 2 aromatic rings. The molecule has 0 fully saturated rings. The van der Waals surface area contributed by atoms with Crippen molar-refractivity contribution in [3.05, 3.63) is 42.2 Å². The Kier molecular flexibility index (Phi) is 2.64. The minimum absolute atomic E-state index is 0.0697. The molecule has 2 rings (SSSR count). The fraction of sp³-hybridized carbons (Fsp3) is 0.0833. The molecule has 3 N–H and O–H groups in total. The number of benzene rings is 1. The molecular formula is C12H12N2O2. The van der Waals surface area contributed by atoms with Gasteiger partial charge >= 0.3 is 0 Å². The number of hydrogen-bond acceptors (Lipinski definition) is 3. The van der Waals surface area contributed by atoms with E-state index in [0.29, 0.717) is 11.5 Å². The predicted molar refractivity (Wildman–Crippen MR) is 61.7 cm³/mol. The van der Waals surface area contributed by atoms with Gasteiger partial charge in [0.1, 0.15) is 11.5 Å². The van der Waals surface area contributed by atoms with Crippen LogP contribution in [0, 0.1) is 5.41 Å². The summed E-state index contributed by atoms with van der Waals surface area (Å²) in [5.41, 5.74) is 6.24. The summed E-state index contributed by atoms with van der Waals surface area (Å²) in [5.74, 6) is 1.79. The van der Waals surface area contributed by atoms with Crippen LogP contribution in [0.25, 0.3) is 11.3 Å². The largest absolute Gasteiger partial charge is 0.497 e. The van der Waals surface area contributed by atoms with Crippen molar-refractivity contribution in [2.24, 2.45) is 5.73 Å². The summed E-state index contributed by atoms with van der Waals surface area (Å²) in [6.07, 6.45) is 0. The van der Waals surface area contributed by atoms with Crippen molar-refractivity contribution in [1.29, 1.82) is 5.41 Å². The van der Waals surface area contributed by atoms with Crippen molar-refractivity contribution in [3.8, 4) is 17.1 Å². The van der Waals surface area contributed by atoms with E-state index in [1.54, 1.807) is 19.2 Å². The molecule has 0 aliphatic rings. The topological polar surface area (TPSA) is 72.2 Å². The lowest BCUT2D eigenvalue weighted by Gasteiger charge is -2.00. The van der Waals surface area contributed by atoms with Crippen LogP contribution in [0.3, 0.4) is 0 Å². The quantitative estimate of drug-likeness (QED) is 0.610. The Hall–Kier alpha value is -2.23. The summed E-state index contributed by atoms with van der Waals surface area (Å²) in [6.45, 7) is 0. The highest BCUT2D eigenvalue weighted by atomic mass is 16.5. The summed E-state index contributed by atoms with van der Waals surface area (Å²) in [4.78, 5) is 0. The molecule has 0 amide bonds. The van der Waals surface area contributed by atoms with Gasteiger partial charge in [-0.05, 0) is 36.4 Å².